The van der Waals surface area contributed by atoms with Crippen LogP contribution >= 0.6 is 0 Å². The zero-order valence-corrected chi connectivity index (χ0v) is 14.4. The second kappa shape index (κ2) is 7.16. The third kappa shape index (κ3) is 3.78. The Bertz CT molecular complexity index is 710. The van der Waals surface area contributed by atoms with Crippen molar-refractivity contribution < 1.29 is 23.2 Å². The molecule has 8 heteroatoms. The normalized spacial score (nSPS) is 21.2. The fraction of sp³-hybridized carbons (Fsp3) is 0.471. The highest BCUT2D eigenvalue weighted by atomic mass is 19.1. The Labute approximate surface area is 144 Å². The lowest BCUT2D eigenvalue weighted by Crippen LogP contribution is -2.45. The van der Waals surface area contributed by atoms with E-state index >= 15 is 0 Å². The first-order chi connectivity index (χ1) is 11.7. The van der Waals surface area contributed by atoms with E-state index in [1.807, 2.05) is 13.8 Å². The van der Waals surface area contributed by atoms with Gasteiger partial charge in [0.2, 0.25) is 5.91 Å². The molecule has 1 aliphatic heterocycles. The van der Waals surface area contributed by atoms with E-state index in [0.717, 1.165) is 31.0 Å². The number of nitrogens with zero attached hydrogens (tertiary/aromatic N) is 1. The number of urea groups is 1. The van der Waals surface area contributed by atoms with Crippen LogP contribution in [-0.2, 0) is 15.1 Å². The second-order valence-corrected chi connectivity index (χ2v) is 6.33. The van der Waals surface area contributed by atoms with Crippen LogP contribution in [0.25, 0.3) is 0 Å². The standard InChI is InChI=1S/C17H21F2N3O3/c1-4-5-10(2)20-14(23)9-22-15(24)17(3,21-16(22)25)12-8-11(18)6-7-13(12)19/h6-8,10H,4-5,9H2,1-3H3,(H,20,23)(H,21,25)/t10-,17+/m0/s1. The number of nitrogens with one attached hydrogen (secondary N) is 2. The number of hydrogen-bond donors (Lipinski definition) is 2. The van der Waals surface area contributed by atoms with Crippen LogP contribution in [0, 0.1) is 11.6 Å². The van der Waals surface area contributed by atoms with Gasteiger partial charge in [-0.15, -0.1) is 0 Å². The summed E-state index contributed by atoms with van der Waals surface area (Å²) in [5.41, 5.74) is -2.05. The first-order valence-electron chi connectivity index (χ1n) is 8.08. The smallest absolute Gasteiger partial charge is 0.325 e. The van der Waals surface area contributed by atoms with Crippen molar-refractivity contribution in [3.8, 4) is 0 Å². The van der Waals surface area contributed by atoms with E-state index in [1.54, 1.807) is 0 Å². The Kier molecular flexibility index (Phi) is 5.39. The second-order valence-electron chi connectivity index (χ2n) is 6.33. The van der Waals surface area contributed by atoms with Crippen molar-refractivity contribution in [3.05, 3.63) is 35.4 Å². The van der Waals surface area contributed by atoms with E-state index in [4.69, 9.17) is 0 Å². The van der Waals surface area contributed by atoms with E-state index < -0.39 is 41.6 Å². The summed E-state index contributed by atoms with van der Waals surface area (Å²) in [7, 11) is 0. The summed E-state index contributed by atoms with van der Waals surface area (Å²) in [5.74, 6) is -2.85. The lowest BCUT2D eigenvalue weighted by molar-refractivity contribution is -0.135. The minimum atomic E-state index is -1.77. The first kappa shape index (κ1) is 18.8. The average Bonchev–Trinajstić information content (AvgIpc) is 2.74. The molecule has 1 aromatic carbocycles. The van der Waals surface area contributed by atoms with Crippen molar-refractivity contribution in [2.24, 2.45) is 0 Å². The van der Waals surface area contributed by atoms with Crippen LogP contribution in [0.4, 0.5) is 13.6 Å². The topological polar surface area (TPSA) is 78.5 Å². The van der Waals surface area contributed by atoms with Gasteiger partial charge >= 0.3 is 6.03 Å². The number of imide groups is 1. The SMILES string of the molecule is CCC[C@H](C)NC(=O)CN1C(=O)N[C@](C)(c2cc(F)ccc2F)C1=O. The van der Waals surface area contributed by atoms with Gasteiger partial charge in [-0.05, 0) is 38.5 Å². The van der Waals surface area contributed by atoms with Crippen LogP contribution in [0.5, 0.6) is 0 Å². The van der Waals surface area contributed by atoms with Crippen LogP contribution in [0.3, 0.4) is 0 Å². The van der Waals surface area contributed by atoms with E-state index in [0.29, 0.717) is 4.90 Å². The van der Waals surface area contributed by atoms with Crippen molar-refractivity contribution in [2.45, 2.75) is 45.2 Å². The van der Waals surface area contributed by atoms with Gasteiger partial charge in [0.05, 0.1) is 0 Å². The Balaban J connectivity index is 2.19. The first-order valence-corrected chi connectivity index (χ1v) is 8.08. The Morgan fingerprint density at radius 2 is 2.04 bits per heavy atom. The molecule has 2 N–H and O–H groups in total. The molecule has 0 spiro atoms. The lowest BCUT2D eigenvalue weighted by atomic mass is 9.91. The predicted octanol–water partition coefficient (Wildman–Crippen LogP) is 2.04. The summed E-state index contributed by atoms with van der Waals surface area (Å²) in [6.45, 7) is 4.59. The third-order valence-electron chi connectivity index (χ3n) is 4.17. The number of halogens is 2. The molecule has 0 radical (unpaired) electrons. The summed E-state index contributed by atoms with van der Waals surface area (Å²) < 4.78 is 27.5. The molecule has 2 rings (SSSR count). The van der Waals surface area contributed by atoms with Crippen molar-refractivity contribution in [3.63, 3.8) is 0 Å². The minimum absolute atomic E-state index is 0.0923. The molecule has 1 aromatic rings. The van der Waals surface area contributed by atoms with Gasteiger partial charge in [0, 0.05) is 11.6 Å². The van der Waals surface area contributed by atoms with Gasteiger partial charge in [0.1, 0.15) is 23.7 Å². The molecule has 0 aromatic heterocycles. The van der Waals surface area contributed by atoms with Gasteiger partial charge in [-0.1, -0.05) is 13.3 Å². The molecular weight excluding hydrogens is 332 g/mol. The summed E-state index contributed by atoms with van der Waals surface area (Å²) in [4.78, 5) is 37.5. The maximum Gasteiger partial charge on any atom is 0.325 e. The Hall–Kier alpha value is -2.51. The molecule has 2 atom stereocenters. The van der Waals surface area contributed by atoms with Crippen LogP contribution in [0.2, 0.25) is 0 Å². The van der Waals surface area contributed by atoms with Gasteiger partial charge in [0.25, 0.3) is 5.91 Å². The molecule has 0 aliphatic carbocycles. The van der Waals surface area contributed by atoms with Gasteiger partial charge in [0.15, 0.2) is 0 Å². The number of amides is 4. The fourth-order valence-electron chi connectivity index (χ4n) is 2.87. The molecule has 4 amide bonds. The molecule has 1 saturated heterocycles. The number of carbonyl (C=O) groups is 3. The summed E-state index contributed by atoms with van der Waals surface area (Å²) in [5, 5.41) is 5.04. The summed E-state index contributed by atoms with van der Waals surface area (Å²) in [6.07, 6.45) is 1.64. The maximum absolute atomic E-state index is 14.0. The molecule has 1 fully saturated rings. The molecule has 0 saturated carbocycles. The van der Waals surface area contributed by atoms with Crippen LogP contribution in [-0.4, -0.2) is 35.3 Å². The zero-order chi connectivity index (χ0) is 18.8. The molecule has 6 nitrogen and oxygen atoms in total. The third-order valence-corrected chi connectivity index (χ3v) is 4.17. The van der Waals surface area contributed by atoms with Gasteiger partial charge in [-0.3, -0.25) is 14.5 Å². The quantitative estimate of drug-likeness (QED) is 0.768. The van der Waals surface area contributed by atoms with E-state index in [2.05, 4.69) is 10.6 Å². The highest BCUT2D eigenvalue weighted by Gasteiger charge is 2.50. The van der Waals surface area contributed by atoms with Crippen molar-refractivity contribution in [1.29, 1.82) is 0 Å². The predicted molar refractivity (Wildman–Crippen MR) is 86.5 cm³/mol. The highest BCUT2D eigenvalue weighted by Crippen LogP contribution is 2.31. The van der Waals surface area contributed by atoms with Gasteiger partial charge in [-0.2, -0.15) is 0 Å². The molecule has 0 bridgehead atoms. The van der Waals surface area contributed by atoms with Crippen molar-refractivity contribution in [1.82, 2.24) is 15.5 Å². The van der Waals surface area contributed by atoms with E-state index in [-0.39, 0.29) is 11.6 Å². The summed E-state index contributed by atoms with van der Waals surface area (Å²) >= 11 is 0. The van der Waals surface area contributed by atoms with Crippen molar-refractivity contribution in [2.75, 3.05) is 6.54 Å². The molecular formula is C17H21F2N3O3. The minimum Gasteiger partial charge on any atom is -0.352 e. The number of hydrogen-bond acceptors (Lipinski definition) is 3. The molecule has 0 unspecified atom stereocenters. The van der Waals surface area contributed by atoms with Gasteiger partial charge in [-0.25, -0.2) is 13.6 Å². The number of carbonyl (C=O) groups excluding carboxylic acids is 3. The van der Waals surface area contributed by atoms with Crippen LogP contribution in [0.15, 0.2) is 18.2 Å². The monoisotopic (exact) mass is 353 g/mol. The highest BCUT2D eigenvalue weighted by molar-refractivity contribution is 6.09. The summed E-state index contributed by atoms with van der Waals surface area (Å²) in [6, 6.07) is 1.75. The fourth-order valence-corrected chi connectivity index (χ4v) is 2.87. The van der Waals surface area contributed by atoms with E-state index in [1.165, 1.54) is 6.92 Å². The Morgan fingerprint density at radius 3 is 2.68 bits per heavy atom. The lowest BCUT2D eigenvalue weighted by Gasteiger charge is -2.23. The molecule has 1 aliphatic rings. The molecule has 25 heavy (non-hydrogen) atoms. The van der Waals surface area contributed by atoms with Gasteiger partial charge < -0.3 is 10.6 Å². The zero-order valence-electron chi connectivity index (χ0n) is 14.4. The van der Waals surface area contributed by atoms with Crippen LogP contribution in [0.1, 0.15) is 39.2 Å². The number of rotatable bonds is 6. The average molecular weight is 353 g/mol. The van der Waals surface area contributed by atoms with E-state index in [9.17, 15) is 23.2 Å². The maximum atomic E-state index is 14.0. The number of benzene rings is 1. The molecule has 1 heterocycles. The van der Waals surface area contributed by atoms with Crippen molar-refractivity contribution >= 4 is 17.8 Å². The van der Waals surface area contributed by atoms with Crippen LogP contribution < -0.4 is 10.6 Å². The Morgan fingerprint density at radius 1 is 1.36 bits per heavy atom. The molecule has 136 valence electrons. The largest absolute Gasteiger partial charge is 0.352 e.